The SMILES string of the molecule is Cc1ccc(C(=O)NC2CC2)cc1NC(=O)c1ccc2c(c1)SC1=NS(=O)(=O)CCN12. The molecule has 10 heteroatoms. The van der Waals surface area contributed by atoms with Gasteiger partial charge in [0.1, 0.15) is 0 Å². The highest BCUT2D eigenvalue weighted by atomic mass is 32.2. The zero-order chi connectivity index (χ0) is 21.8. The molecule has 8 nitrogen and oxygen atoms in total. The Morgan fingerprint density at radius 1 is 1.10 bits per heavy atom. The Balaban J connectivity index is 1.36. The second-order valence-corrected chi connectivity index (χ2v) is 10.6. The molecule has 31 heavy (non-hydrogen) atoms. The molecular weight excluding hydrogens is 436 g/mol. The molecule has 2 aromatic rings. The van der Waals surface area contributed by atoms with Gasteiger partial charge in [0.25, 0.3) is 21.8 Å². The minimum Gasteiger partial charge on any atom is -0.349 e. The quantitative estimate of drug-likeness (QED) is 0.733. The highest BCUT2D eigenvalue weighted by molar-refractivity contribution is 8.15. The molecule has 1 aliphatic carbocycles. The second kappa shape index (κ2) is 7.38. The molecule has 2 aliphatic heterocycles. The third-order valence-electron chi connectivity index (χ3n) is 5.40. The Hall–Kier alpha value is -2.85. The van der Waals surface area contributed by atoms with E-state index in [0.717, 1.165) is 29.0 Å². The average Bonchev–Trinajstić information content (AvgIpc) is 3.46. The maximum absolute atomic E-state index is 12.9. The minimum atomic E-state index is -3.43. The van der Waals surface area contributed by atoms with E-state index in [4.69, 9.17) is 0 Å². The number of thioether (sulfide) groups is 1. The van der Waals surface area contributed by atoms with Gasteiger partial charge in [-0.25, -0.2) is 8.42 Å². The van der Waals surface area contributed by atoms with Gasteiger partial charge in [-0.05, 0) is 67.4 Å². The highest BCUT2D eigenvalue weighted by Gasteiger charge is 2.33. The van der Waals surface area contributed by atoms with Gasteiger partial charge >= 0.3 is 0 Å². The number of rotatable bonds is 4. The molecule has 1 saturated carbocycles. The molecule has 0 aromatic heterocycles. The molecule has 2 N–H and O–H groups in total. The largest absolute Gasteiger partial charge is 0.349 e. The summed E-state index contributed by atoms with van der Waals surface area (Å²) in [6, 6.07) is 10.8. The highest BCUT2D eigenvalue weighted by Crippen LogP contribution is 2.42. The summed E-state index contributed by atoms with van der Waals surface area (Å²) in [5.74, 6) is -0.465. The summed E-state index contributed by atoms with van der Waals surface area (Å²) < 4.78 is 27.4. The molecule has 0 radical (unpaired) electrons. The van der Waals surface area contributed by atoms with Crippen LogP contribution < -0.4 is 15.5 Å². The third kappa shape index (κ3) is 4.05. The van der Waals surface area contributed by atoms with Crippen LogP contribution in [-0.4, -0.2) is 43.7 Å². The summed E-state index contributed by atoms with van der Waals surface area (Å²) in [6.07, 6.45) is 2.01. The normalized spacial score (nSPS) is 18.6. The van der Waals surface area contributed by atoms with Crippen LogP contribution in [0.3, 0.4) is 0 Å². The van der Waals surface area contributed by atoms with Gasteiger partial charge in [-0.2, -0.15) is 0 Å². The first kappa shape index (κ1) is 20.1. The van der Waals surface area contributed by atoms with Crippen LogP contribution >= 0.6 is 11.8 Å². The van der Waals surface area contributed by atoms with Crippen molar-refractivity contribution in [1.82, 2.24) is 5.32 Å². The number of benzene rings is 2. The third-order valence-corrected chi connectivity index (χ3v) is 7.70. The molecule has 5 rings (SSSR count). The maximum atomic E-state index is 12.9. The van der Waals surface area contributed by atoms with Crippen molar-refractivity contribution in [3.05, 3.63) is 53.1 Å². The number of fused-ring (bicyclic) bond motifs is 3. The van der Waals surface area contributed by atoms with E-state index in [9.17, 15) is 18.0 Å². The van der Waals surface area contributed by atoms with Gasteiger partial charge in [0, 0.05) is 34.3 Å². The number of carbonyl (C=O) groups excluding carboxylic acids is 2. The molecule has 0 unspecified atom stereocenters. The molecule has 3 aliphatic rings. The number of carbonyl (C=O) groups is 2. The maximum Gasteiger partial charge on any atom is 0.257 e. The summed E-state index contributed by atoms with van der Waals surface area (Å²) in [4.78, 5) is 27.9. The van der Waals surface area contributed by atoms with E-state index in [1.165, 1.54) is 11.8 Å². The van der Waals surface area contributed by atoms with E-state index in [-0.39, 0.29) is 23.6 Å². The fourth-order valence-electron chi connectivity index (χ4n) is 3.46. The van der Waals surface area contributed by atoms with Gasteiger partial charge in [-0.3, -0.25) is 9.59 Å². The average molecular weight is 457 g/mol. The lowest BCUT2D eigenvalue weighted by Gasteiger charge is -2.22. The predicted octanol–water partition coefficient (Wildman–Crippen LogP) is 2.75. The summed E-state index contributed by atoms with van der Waals surface area (Å²) in [5, 5.41) is 6.26. The van der Waals surface area contributed by atoms with Crippen molar-refractivity contribution in [2.75, 3.05) is 22.5 Å². The molecule has 0 bridgehead atoms. The van der Waals surface area contributed by atoms with Gasteiger partial charge in [0.2, 0.25) is 0 Å². The molecule has 2 amide bonds. The van der Waals surface area contributed by atoms with Crippen molar-refractivity contribution >= 4 is 50.1 Å². The van der Waals surface area contributed by atoms with E-state index >= 15 is 0 Å². The first-order valence-electron chi connectivity index (χ1n) is 9.94. The Bertz CT molecular complexity index is 1250. The smallest absolute Gasteiger partial charge is 0.257 e. The van der Waals surface area contributed by atoms with Crippen molar-refractivity contribution in [3.63, 3.8) is 0 Å². The first-order valence-corrected chi connectivity index (χ1v) is 12.4. The first-order chi connectivity index (χ1) is 14.8. The second-order valence-electron chi connectivity index (χ2n) is 7.83. The van der Waals surface area contributed by atoms with Crippen LogP contribution in [0.4, 0.5) is 11.4 Å². The lowest BCUT2D eigenvalue weighted by molar-refractivity contribution is 0.0949. The minimum absolute atomic E-state index is 0.0251. The van der Waals surface area contributed by atoms with E-state index in [1.54, 1.807) is 24.3 Å². The molecule has 160 valence electrons. The van der Waals surface area contributed by atoms with Gasteiger partial charge in [-0.1, -0.05) is 6.07 Å². The Kier molecular flexibility index (Phi) is 4.78. The number of nitrogens with zero attached hydrogens (tertiary/aromatic N) is 2. The number of nitrogens with one attached hydrogen (secondary N) is 2. The molecule has 1 fully saturated rings. The van der Waals surface area contributed by atoms with Crippen molar-refractivity contribution in [2.24, 2.45) is 4.40 Å². The standard InChI is InChI=1S/C21H20N4O4S2/c1-12-2-3-13(19(26)22-15-5-6-15)10-16(12)23-20(27)14-4-7-17-18(11-14)30-21-24-31(28,29)9-8-25(17)21/h2-4,7,10-11,15H,5-6,8-9H2,1H3,(H,22,26)(H,23,27). The fourth-order valence-corrected chi connectivity index (χ4v) is 5.76. The van der Waals surface area contributed by atoms with Crippen molar-refractivity contribution in [1.29, 1.82) is 0 Å². The molecule has 2 heterocycles. The zero-order valence-corrected chi connectivity index (χ0v) is 18.3. The molecule has 0 saturated heterocycles. The number of hydrogen-bond donors (Lipinski definition) is 2. The van der Waals surface area contributed by atoms with Crippen LogP contribution in [0.1, 0.15) is 39.1 Å². The number of hydrogen-bond acceptors (Lipinski definition) is 6. The van der Waals surface area contributed by atoms with Crippen LogP contribution in [0.5, 0.6) is 0 Å². The van der Waals surface area contributed by atoms with Gasteiger partial charge in [0.05, 0.1) is 11.4 Å². The van der Waals surface area contributed by atoms with Crippen molar-refractivity contribution in [3.8, 4) is 0 Å². The van der Waals surface area contributed by atoms with Crippen molar-refractivity contribution in [2.45, 2.75) is 30.7 Å². The number of aryl methyl sites for hydroxylation is 1. The monoisotopic (exact) mass is 456 g/mol. The van der Waals surface area contributed by atoms with Crippen molar-refractivity contribution < 1.29 is 18.0 Å². The van der Waals surface area contributed by atoms with Crippen LogP contribution in [0.25, 0.3) is 0 Å². The van der Waals surface area contributed by atoms with Crippen LogP contribution in [-0.2, 0) is 10.0 Å². The Morgan fingerprint density at radius 3 is 2.61 bits per heavy atom. The molecule has 2 aromatic carbocycles. The molecule has 0 spiro atoms. The summed E-state index contributed by atoms with van der Waals surface area (Å²) >= 11 is 1.25. The van der Waals surface area contributed by atoms with Crippen LogP contribution in [0.15, 0.2) is 45.7 Å². The summed E-state index contributed by atoms with van der Waals surface area (Å²) in [5.41, 5.74) is 3.23. The van der Waals surface area contributed by atoms with E-state index < -0.39 is 10.0 Å². The molecule has 0 atom stereocenters. The topological polar surface area (TPSA) is 108 Å². The summed E-state index contributed by atoms with van der Waals surface area (Å²) in [6.45, 7) is 2.22. The number of anilines is 2. The van der Waals surface area contributed by atoms with E-state index in [2.05, 4.69) is 15.0 Å². The van der Waals surface area contributed by atoms with Crippen LogP contribution in [0, 0.1) is 6.92 Å². The summed E-state index contributed by atoms with van der Waals surface area (Å²) in [7, 11) is -3.43. The van der Waals surface area contributed by atoms with E-state index in [0.29, 0.717) is 28.5 Å². The Labute approximate surface area is 184 Å². The lowest BCUT2D eigenvalue weighted by Crippen LogP contribution is -2.35. The lowest BCUT2D eigenvalue weighted by atomic mass is 10.1. The fraction of sp³-hybridized carbons (Fsp3) is 0.286. The number of sulfonamides is 1. The number of amidine groups is 1. The Morgan fingerprint density at radius 2 is 1.84 bits per heavy atom. The van der Waals surface area contributed by atoms with Gasteiger partial charge < -0.3 is 15.5 Å². The van der Waals surface area contributed by atoms with E-state index in [1.807, 2.05) is 24.0 Å². The van der Waals surface area contributed by atoms with Gasteiger partial charge in [0.15, 0.2) is 5.17 Å². The van der Waals surface area contributed by atoms with Gasteiger partial charge in [-0.15, -0.1) is 4.40 Å². The predicted molar refractivity (Wildman–Crippen MR) is 120 cm³/mol. The van der Waals surface area contributed by atoms with Crippen LogP contribution in [0.2, 0.25) is 0 Å². The number of amides is 2. The molecular formula is C21H20N4O4S2. The zero-order valence-electron chi connectivity index (χ0n) is 16.7.